The van der Waals surface area contributed by atoms with Crippen molar-refractivity contribution in [2.45, 2.75) is 19.8 Å². The van der Waals surface area contributed by atoms with Crippen molar-refractivity contribution in [1.82, 2.24) is 4.98 Å². The minimum atomic E-state index is -0.285. The Labute approximate surface area is 112 Å². The van der Waals surface area contributed by atoms with Crippen LogP contribution in [0.5, 0.6) is 0 Å². The number of nitrogens with zero attached hydrogens (tertiary/aromatic N) is 1. The average Bonchev–Trinajstić information content (AvgIpc) is 2.40. The van der Waals surface area contributed by atoms with Crippen LogP contribution in [0.25, 0.3) is 0 Å². The summed E-state index contributed by atoms with van der Waals surface area (Å²) in [5.74, 6) is 0.909. The first kappa shape index (κ1) is 13.1. The number of benzene rings is 1. The second-order valence-corrected chi connectivity index (χ2v) is 4.54. The van der Waals surface area contributed by atoms with Crippen LogP contribution in [-0.4, -0.2) is 11.0 Å². The van der Waals surface area contributed by atoms with Gasteiger partial charge in [0.05, 0.1) is 0 Å². The van der Waals surface area contributed by atoms with E-state index in [2.05, 4.69) is 29.5 Å². The minimum absolute atomic E-state index is 0.285. The lowest BCUT2D eigenvalue weighted by atomic mass is 10.0. The van der Waals surface area contributed by atoms with E-state index in [9.17, 15) is 4.79 Å². The van der Waals surface area contributed by atoms with Crippen LogP contribution in [0.3, 0.4) is 0 Å². The molecular formula is C15H17N3O. The molecule has 0 bridgehead atoms. The molecule has 98 valence electrons. The number of anilines is 2. The molecule has 2 N–H and O–H groups in total. The van der Waals surface area contributed by atoms with E-state index in [1.165, 1.54) is 0 Å². The Morgan fingerprint density at radius 1 is 1.05 bits per heavy atom. The molecule has 2 amide bonds. The molecule has 4 heteroatoms. The lowest BCUT2D eigenvalue weighted by molar-refractivity contribution is 0.262. The fourth-order valence-electron chi connectivity index (χ4n) is 1.78. The van der Waals surface area contributed by atoms with E-state index in [1.807, 2.05) is 42.5 Å². The summed E-state index contributed by atoms with van der Waals surface area (Å²) >= 11 is 0. The van der Waals surface area contributed by atoms with Gasteiger partial charge in [-0.25, -0.2) is 9.78 Å². The molecular weight excluding hydrogens is 238 g/mol. The van der Waals surface area contributed by atoms with E-state index in [-0.39, 0.29) is 6.03 Å². The highest BCUT2D eigenvalue weighted by molar-refractivity contribution is 5.99. The number of aromatic nitrogens is 1. The lowest BCUT2D eigenvalue weighted by Crippen LogP contribution is -2.21. The maximum atomic E-state index is 11.9. The third-order valence-corrected chi connectivity index (χ3v) is 2.72. The second kappa shape index (κ2) is 6.00. The maximum absolute atomic E-state index is 11.9. The zero-order chi connectivity index (χ0) is 13.7. The molecule has 1 aromatic heterocycles. The first-order valence-electron chi connectivity index (χ1n) is 6.25. The Balaban J connectivity index is 2.07. The minimum Gasteiger partial charge on any atom is -0.308 e. The van der Waals surface area contributed by atoms with Crippen molar-refractivity contribution in [2.75, 3.05) is 10.6 Å². The molecule has 0 fully saturated rings. The van der Waals surface area contributed by atoms with Gasteiger partial charge in [-0.1, -0.05) is 38.1 Å². The molecule has 0 saturated carbocycles. The summed E-state index contributed by atoms with van der Waals surface area (Å²) in [7, 11) is 0. The van der Waals surface area contributed by atoms with E-state index in [0.717, 1.165) is 11.3 Å². The number of amides is 2. The number of carbonyl (C=O) groups is 1. The predicted octanol–water partition coefficient (Wildman–Crippen LogP) is 3.85. The van der Waals surface area contributed by atoms with E-state index in [4.69, 9.17) is 0 Å². The third kappa shape index (κ3) is 3.55. The molecule has 0 unspecified atom stereocenters. The van der Waals surface area contributed by atoms with Gasteiger partial charge in [-0.05, 0) is 29.7 Å². The van der Waals surface area contributed by atoms with Gasteiger partial charge in [0.1, 0.15) is 5.82 Å². The largest absolute Gasteiger partial charge is 0.324 e. The highest BCUT2D eigenvalue weighted by Crippen LogP contribution is 2.21. The number of pyridine rings is 1. The third-order valence-electron chi connectivity index (χ3n) is 2.72. The van der Waals surface area contributed by atoms with Gasteiger partial charge in [-0.3, -0.25) is 5.32 Å². The van der Waals surface area contributed by atoms with Gasteiger partial charge in [-0.2, -0.15) is 0 Å². The van der Waals surface area contributed by atoms with Gasteiger partial charge >= 0.3 is 6.03 Å². The van der Waals surface area contributed by atoms with Crippen LogP contribution in [0.15, 0.2) is 48.7 Å². The summed E-state index contributed by atoms with van der Waals surface area (Å²) < 4.78 is 0. The highest BCUT2D eigenvalue weighted by atomic mass is 16.2. The van der Waals surface area contributed by atoms with Crippen molar-refractivity contribution in [2.24, 2.45) is 0 Å². The Kier molecular flexibility index (Phi) is 4.13. The topological polar surface area (TPSA) is 54.0 Å². The van der Waals surface area contributed by atoms with Crippen LogP contribution >= 0.6 is 0 Å². The molecule has 4 nitrogen and oxygen atoms in total. The predicted molar refractivity (Wildman–Crippen MR) is 77.4 cm³/mol. The monoisotopic (exact) mass is 255 g/mol. The molecule has 2 rings (SSSR count). The van der Waals surface area contributed by atoms with Crippen molar-refractivity contribution >= 4 is 17.5 Å². The summed E-state index contributed by atoms with van der Waals surface area (Å²) in [5, 5.41) is 5.55. The molecule has 1 heterocycles. The molecule has 2 aromatic rings. The first-order valence-corrected chi connectivity index (χ1v) is 6.25. The molecule has 0 aliphatic rings. The lowest BCUT2D eigenvalue weighted by Gasteiger charge is -2.12. The van der Waals surface area contributed by atoms with Crippen molar-refractivity contribution in [3.8, 4) is 0 Å². The fraction of sp³-hybridized carbons (Fsp3) is 0.200. The highest BCUT2D eigenvalue weighted by Gasteiger charge is 2.10. The van der Waals surface area contributed by atoms with E-state index >= 15 is 0 Å². The van der Waals surface area contributed by atoms with Crippen molar-refractivity contribution in [3.63, 3.8) is 0 Å². The number of rotatable bonds is 3. The first-order chi connectivity index (χ1) is 9.16. The number of hydrogen-bond donors (Lipinski definition) is 2. The van der Waals surface area contributed by atoms with Crippen LogP contribution < -0.4 is 10.6 Å². The zero-order valence-corrected chi connectivity index (χ0v) is 11.1. The Bertz CT molecular complexity index is 552. The van der Waals surface area contributed by atoms with Crippen molar-refractivity contribution in [1.29, 1.82) is 0 Å². The molecule has 0 atom stereocenters. The van der Waals surface area contributed by atoms with Gasteiger partial charge in [0.25, 0.3) is 0 Å². The summed E-state index contributed by atoms with van der Waals surface area (Å²) in [6.45, 7) is 4.13. The molecule has 0 saturated heterocycles. The van der Waals surface area contributed by atoms with Gasteiger partial charge in [0.15, 0.2) is 0 Å². The van der Waals surface area contributed by atoms with Crippen molar-refractivity contribution < 1.29 is 4.79 Å². The molecule has 0 radical (unpaired) electrons. The number of nitrogens with one attached hydrogen (secondary N) is 2. The quantitative estimate of drug-likeness (QED) is 0.875. The number of para-hydroxylation sites is 1. The summed E-state index contributed by atoms with van der Waals surface area (Å²) in [6, 6.07) is 12.9. The SMILES string of the molecule is CC(C)c1cccnc1NC(=O)Nc1ccccc1. The van der Waals surface area contributed by atoms with E-state index < -0.39 is 0 Å². The Morgan fingerprint density at radius 2 is 1.79 bits per heavy atom. The van der Waals surface area contributed by atoms with Crippen LogP contribution in [-0.2, 0) is 0 Å². The number of hydrogen-bond acceptors (Lipinski definition) is 2. The number of carbonyl (C=O) groups excluding carboxylic acids is 1. The van der Waals surface area contributed by atoms with E-state index in [0.29, 0.717) is 11.7 Å². The molecule has 1 aromatic carbocycles. The van der Waals surface area contributed by atoms with Gasteiger partial charge < -0.3 is 5.32 Å². The van der Waals surface area contributed by atoms with Crippen LogP contribution in [0.2, 0.25) is 0 Å². The normalized spacial score (nSPS) is 10.3. The zero-order valence-electron chi connectivity index (χ0n) is 11.1. The molecule has 0 aliphatic carbocycles. The van der Waals surface area contributed by atoms with Crippen molar-refractivity contribution in [3.05, 3.63) is 54.2 Å². The number of urea groups is 1. The van der Waals surface area contributed by atoms with Gasteiger partial charge in [-0.15, -0.1) is 0 Å². The maximum Gasteiger partial charge on any atom is 0.324 e. The Morgan fingerprint density at radius 3 is 2.47 bits per heavy atom. The van der Waals surface area contributed by atoms with Crippen LogP contribution in [0.4, 0.5) is 16.3 Å². The summed E-state index contributed by atoms with van der Waals surface area (Å²) in [6.07, 6.45) is 1.67. The standard InChI is InChI=1S/C15H17N3O/c1-11(2)13-9-6-10-16-14(13)18-15(19)17-12-7-4-3-5-8-12/h3-11H,1-2H3,(H2,16,17,18,19). The Hall–Kier alpha value is -2.36. The molecule has 19 heavy (non-hydrogen) atoms. The van der Waals surface area contributed by atoms with Gasteiger partial charge in [0.2, 0.25) is 0 Å². The van der Waals surface area contributed by atoms with E-state index in [1.54, 1.807) is 6.20 Å². The second-order valence-electron chi connectivity index (χ2n) is 4.54. The van der Waals surface area contributed by atoms with Crippen LogP contribution in [0, 0.1) is 0 Å². The fourth-order valence-corrected chi connectivity index (χ4v) is 1.78. The smallest absolute Gasteiger partial charge is 0.308 e. The van der Waals surface area contributed by atoms with Gasteiger partial charge in [0, 0.05) is 11.9 Å². The van der Waals surface area contributed by atoms with Crippen LogP contribution in [0.1, 0.15) is 25.3 Å². The molecule has 0 aliphatic heterocycles. The summed E-state index contributed by atoms with van der Waals surface area (Å²) in [5.41, 5.74) is 1.77. The molecule has 0 spiro atoms. The summed E-state index contributed by atoms with van der Waals surface area (Å²) in [4.78, 5) is 16.1. The average molecular weight is 255 g/mol.